The van der Waals surface area contributed by atoms with E-state index in [9.17, 15) is 9.90 Å². The first kappa shape index (κ1) is 20.4. The van der Waals surface area contributed by atoms with E-state index in [0.717, 1.165) is 0 Å². The number of carboxylic acids is 1. The molecular weight excluding hydrogens is 322 g/mol. The molecule has 9 heteroatoms. The van der Waals surface area contributed by atoms with Gasteiger partial charge in [-0.15, -0.1) is 0 Å². The van der Waals surface area contributed by atoms with E-state index in [1.165, 1.54) is 0 Å². The van der Waals surface area contributed by atoms with E-state index >= 15 is 0 Å². The zero-order valence-corrected chi connectivity index (χ0v) is 11.7. The number of hydrogen-bond acceptors (Lipinski definition) is 7. The SMILES string of the molecule is O=C([O-])[C@H](O)[C@@H](O)[C@H](O)[C@H](O)CO.[F-].[SnH2+2]. The van der Waals surface area contributed by atoms with Crippen LogP contribution in [0.2, 0.25) is 0 Å². The Morgan fingerprint density at radius 1 is 1.13 bits per heavy atom. The predicted molar refractivity (Wildman–Crippen MR) is 44.7 cm³/mol. The van der Waals surface area contributed by atoms with Gasteiger partial charge in [-0.1, -0.05) is 0 Å². The fourth-order valence-electron chi connectivity index (χ4n) is 0.662. The monoisotopic (exact) mass is 336 g/mol. The molecule has 0 aliphatic carbocycles. The van der Waals surface area contributed by atoms with Gasteiger partial charge in [0, 0.05) is 0 Å². The van der Waals surface area contributed by atoms with Gasteiger partial charge in [0.25, 0.3) is 0 Å². The molecule has 0 fully saturated rings. The maximum absolute atomic E-state index is 9.98. The van der Waals surface area contributed by atoms with Crippen molar-refractivity contribution in [3.8, 4) is 0 Å². The molecule has 0 aromatic heterocycles. The number of carboxylic acid groups (broad SMARTS) is 1. The summed E-state index contributed by atoms with van der Waals surface area (Å²) in [5, 5.41) is 53.4. The van der Waals surface area contributed by atoms with Crippen LogP contribution in [-0.2, 0) is 4.79 Å². The first-order valence-corrected chi connectivity index (χ1v) is 3.45. The molecule has 0 unspecified atom stereocenters. The third-order valence-corrected chi connectivity index (χ3v) is 1.50. The summed E-state index contributed by atoms with van der Waals surface area (Å²) in [7, 11) is 0. The summed E-state index contributed by atoms with van der Waals surface area (Å²) in [5.41, 5.74) is 0. The van der Waals surface area contributed by atoms with Crippen molar-refractivity contribution in [2.24, 2.45) is 0 Å². The van der Waals surface area contributed by atoms with Crippen LogP contribution in [0.5, 0.6) is 0 Å². The van der Waals surface area contributed by atoms with Crippen molar-refractivity contribution in [2.45, 2.75) is 24.4 Å². The molecule has 0 aromatic rings. The number of hydrogen-bond donors (Lipinski definition) is 5. The molecule has 0 radical (unpaired) electrons. The molecule has 0 amide bonds. The fourth-order valence-corrected chi connectivity index (χ4v) is 0.662. The molecule has 0 bridgehead atoms. The molecule has 4 atom stereocenters. The van der Waals surface area contributed by atoms with Crippen LogP contribution in [0.25, 0.3) is 0 Å². The minimum absolute atomic E-state index is 0. The minimum atomic E-state index is -2.31. The second kappa shape index (κ2) is 9.24. The number of aliphatic carboxylic acids is 1. The fraction of sp³-hybridized carbons (Fsp3) is 0.833. The van der Waals surface area contributed by atoms with Crippen molar-refractivity contribution in [1.82, 2.24) is 0 Å². The zero-order chi connectivity index (χ0) is 10.6. The van der Waals surface area contributed by atoms with Crippen molar-refractivity contribution in [3.63, 3.8) is 0 Å². The second-order valence-corrected chi connectivity index (χ2v) is 2.49. The average molecular weight is 335 g/mol. The molecule has 5 N–H and O–H groups in total. The number of carbonyl (C=O) groups excluding carboxylic acids is 1. The molecule has 90 valence electrons. The van der Waals surface area contributed by atoms with Gasteiger partial charge < -0.3 is 40.1 Å². The van der Waals surface area contributed by atoms with E-state index in [-0.39, 0.29) is 28.6 Å². The molecule has 15 heavy (non-hydrogen) atoms. The van der Waals surface area contributed by atoms with Crippen molar-refractivity contribution in [3.05, 3.63) is 0 Å². The quantitative estimate of drug-likeness (QED) is 0.314. The van der Waals surface area contributed by atoms with Gasteiger partial charge in [0.15, 0.2) is 0 Å². The van der Waals surface area contributed by atoms with Gasteiger partial charge in [-0.2, -0.15) is 0 Å². The van der Waals surface area contributed by atoms with Crippen LogP contribution in [0.3, 0.4) is 0 Å². The summed E-state index contributed by atoms with van der Waals surface area (Å²) < 4.78 is 0. The van der Waals surface area contributed by atoms with Crippen molar-refractivity contribution in [1.29, 1.82) is 0 Å². The summed E-state index contributed by atoms with van der Waals surface area (Å²) in [6.45, 7) is -0.863. The number of rotatable bonds is 5. The van der Waals surface area contributed by atoms with Crippen LogP contribution in [0.1, 0.15) is 0 Å². The molecule has 0 spiro atoms. The van der Waals surface area contributed by atoms with Gasteiger partial charge in [0.2, 0.25) is 0 Å². The first-order valence-electron chi connectivity index (χ1n) is 3.45. The van der Waals surface area contributed by atoms with Gasteiger partial charge in [-0.25, -0.2) is 0 Å². The molecule has 0 heterocycles. The summed E-state index contributed by atoms with van der Waals surface area (Å²) in [4.78, 5) is 9.98. The predicted octanol–water partition coefficient (Wildman–Crippen LogP) is -8.74. The Morgan fingerprint density at radius 2 is 1.53 bits per heavy atom. The normalized spacial score (nSPS) is 17.7. The standard InChI is InChI=1S/C6H12O7.FH.Sn.2H/c7-1-2(8)3(9)4(10)5(11)6(12)13;;;;/h2-5,7-11H,1H2,(H,12,13);1H;;;/q;;+2;;/p-2/t2-,3-,4+,5-;;;;/m1..../s1. The van der Waals surface area contributed by atoms with E-state index in [0.29, 0.717) is 0 Å². The van der Waals surface area contributed by atoms with Crippen LogP contribution >= 0.6 is 0 Å². The zero-order valence-electron chi connectivity index (χ0n) is 7.65. The van der Waals surface area contributed by atoms with Gasteiger partial charge in [-0.05, 0) is 0 Å². The number of aliphatic hydroxyl groups is 5. The van der Waals surface area contributed by atoms with Gasteiger partial charge in [0.1, 0.15) is 24.4 Å². The molecule has 0 saturated heterocycles. The van der Waals surface area contributed by atoms with Crippen LogP contribution in [0, 0.1) is 0 Å². The molecule has 0 saturated carbocycles. The summed E-state index contributed by atoms with van der Waals surface area (Å²) in [6, 6.07) is 0. The topological polar surface area (TPSA) is 141 Å². The van der Waals surface area contributed by atoms with Gasteiger partial charge >= 0.3 is 23.9 Å². The van der Waals surface area contributed by atoms with E-state index in [4.69, 9.17) is 25.5 Å². The van der Waals surface area contributed by atoms with Crippen LogP contribution < -0.4 is 9.81 Å². The van der Waals surface area contributed by atoms with Crippen molar-refractivity contribution >= 4 is 29.9 Å². The van der Waals surface area contributed by atoms with Gasteiger partial charge in [-0.3, -0.25) is 0 Å². The molecular formula is C6H13FO7Sn. The Bertz CT molecular complexity index is 181. The first-order chi connectivity index (χ1) is 5.91. The molecule has 0 aliphatic rings. The van der Waals surface area contributed by atoms with Crippen LogP contribution in [0.4, 0.5) is 0 Å². The summed E-state index contributed by atoms with van der Waals surface area (Å²) >= 11 is 0. The molecule has 7 nitrogen and oxygen atoms in total. The van der Waals surface area contributed by atoms with Crippen molar-refractivity contribution < 1.29 is 40.1 Å². The molecule has 0 aliphatic heterocycles. The van der Waals surface area contributed by atoms with Gasteiger partial charge in [0.05, 0.1) is 12.6 Å². The van der Waals surface area contributed by atoms with E-state index in [1.807, 2.05) is 0 Å². The Kier molecular flexibility index (Phi) is 12.6. The Hall–Kier alpha value is -0.00130. The van der Waals surface area contributed by atoms with Crippen molar-refractivity contribution in [2.75, 3.05) is 6.61 Å². The number of halogens is 1. The maximum atomic E-state index is 9.98. The average Bonchev–Trinajstić information content (AvgIpc) is 2.12. The summed E-state index contributed by atoms with van der Waals surface area (Å²) in [5.74, 6) is -1.98. The Labute approximate surface area is 101 Å². The van der Waals surface area contributed by atoms with E-state index < -0.39 is 37.0 Å². The van der Waals surface area contributed by atoms with E-state index in [2.05, 4.69) is 0 Å². The Balaban J connectivity index is -0.000000720. The number of aliphatic hydroxyl groups excluding tert-OH is 5. The molecule has 0 rings (SSSR count). The summed E-state index contributed by atoms with van der Waals surface area (Å²) in [6.07, 6.45) is -8.08. The Morgan fingerprint density at radius 3 is 1.80 bits per heavy atom. The van der Waals surface area contributed by atoms with Crippen LogP contribution in [-0.4, -0.2) is 86.4 Å². The van der Waals surface area contributed by atoms with Crippen LogP contribution in [0.15, 0.2) is 0 Å². The third-order valence-electron chi connectivity index (χ3n) is 1.50. The second-order valence-electron chi connectivity index (χ2n) is 2.49. The third kappa shape index (κ3) is 6.22. The molecule has 0 aromatic carbocycles. The van der Waals surface area contributed by atoms with E-state index in [1.54, 1.807) is 0 Å². The number of carbonyl (C=O) groups is 1.